The van der Waals surface area contributed by atoms with Crippen molar-refractivity contribution in [2.24, 2.45) is 0 Å². The number of hydrogen-bond donors (Lipinski definition) is 0. The van der Waals surface area contributed by atoms with Gasteiger partial charge in [-0.2, -0.15) is 0 Å². The smallest absolute Gasteiger partial charge is 0.329 e. The number of urea groups is 1. The average molecular weight is 393 g/mol. The fraction of sp³-hybridized carbons (Fsp3) is 0.278. The van der Waals surface area contributed by atoms with Crippen LogP contribution in [0.5, 0.6) is 5.75 Å². The molecule has 0 aromatic heterocycles. The molecule has 2 aliphatic heterocycles. The number of rotatable bonds is 3. The number of nitrogens with zero attached hydrogens (tertiary/aromatic N) is 2. The van der Waals surface area contributed by atoms with Gasteiger partial charge in [0.05, 0.1) is 36.4 Å². The number of carbonyl (C=O) groups excluding carboxylic acids is 1. The quantitative estimate of drug-likeness (QED) is 0.753. The fourth-order valence-electron chi connectivity index (χ4n) is 3.74. The number of para-hydroxylation sites is 2. The molecule has 0 saturated carbocycles. The highest BCUT2D eigenvalue weighted by Gasteiger charge is 2.55. The zero-order valence-corrected chi connectivity index (χ0v) is 15.6. The van der Waals surface area contributed by atoms with Crippen LogP contribution in [0, 0.1) is 0 Å². The maximum atomic E-state index is 13.3. The van der Waals surface area contributed by atoms with Crippen molar-refractivity contribution in [3.8, 4) is 5.75 Å². The van der Waals surface area contributed by atoms with E-state index in [0.29, 0.717) is 22.1 Å². The lowest BCUT2D eigenvalue weighted by molar-refractivity contribution is 0.255. The van der Waals surface area contributed by atoms with Gasteiger partial charge in [-0.3, -0.25) is 9.80 Å². The minimum absolute atomic E-state index is 0.0679. The zero-order valence-electron chi connectivity index (χ0n) is 14.0. The van der Waals surface area contributed by atoms with Crippen LogP contribution in [0.4, 0.5) is 16.2 Å². The second kappa shape index (κ2) is 6.17. The van der Waals surface area contributed by atoms with Crippen molar-refractivity contribution in [3.05, 3.63) is 53.6 Å². The third-order valence-corrected chi connectivity index (χ3v) is 6.73. The van der Waals surface area contributed by atoms with Crippen molar-refractivity contribution in [2.45, 2.75) is 12.1 Å². The molecule has 8 heteroatoms. The molecular weight excluding hydrogens is 376 g/mol. The maximum absolute atomic E-state index is 13.3. The molecule has 0 aliphatic carbocycles. The zero-order chi connectivity index (χ0) is 18.5. The van der Waals surface area contributed by atoms with Crippen molar-refractivity contribution in [2.75, 3.05) is 28.4 Å². The van der Waals surface area contributed by atoms with Gasteiger partial charge in [-0.15, -0.1) is 0 Å². The van der Waals surface area contributed by atoms with Gasteiger partial charge in [0, 0.05) is 10.7 Å². The molecule has 2 heterocycles. The van der Waals surface area contributed by atoms with E-state index >= 15 is 0 Å². The molecule has 2 atom stereocenters. The highest BCUT2D eigenvalue weighted by molar-refractivity contribution is 7.91. The molecule has 136 valence electrons. The SMILES string of the molecule is COc1ccccc1N1C(=O)N(c2cccc(Cl)c2)[C@H]2CS(=O)(=O)C[C@H]21. The molecule has 0 bridgehead atoms. The van der Waals surface area contributed by atoms with Crippen molar-refractivity contribution in [3.63, 3.8) is 0 Å². The Morgan fingerprint density at radius 3 is 2.42 bits per heavy atom. The average Bonchev–Trinajstić information content (AvgIpc) is 3.03. The number of methoxy groups -OCH3 is 1. The minimum Gasteiger partial charge on any atom is -0.495 e. The molecule has 0 spiro atoms. The lowest BCUT2D eigenvalue weighted by Gasteiger charge is -2.24. The Balaban J connectivity index is 1.84. The van der Waals surface area contributed by atoms with E-state index in [2.05, 4.69) is 0 Å². The Morgan fingerprint density at radius 1 is 1.04 bits per heavy atom. The van der Waals surface area contributed by atoms with E-state index in [-0.39, 0.29) is 17.5 Å². The van der Waals surface area contributed by atoms with Crippen molar-refractivity contribution in [1.82, 2.24) is 0 Å². The van der Waals surface area contributed by atoms with Gasteiger partial charge in [0.25, 0.3) is 0 Å². The summed E-state index contributed by atoms with van der Waals surface area (Å²) < 4.78 is 30.0. The second-order valence-electron chi connectivity index (χ2n) is 6.39. The Hall–Kier alpha value is -2.25. The molecule has 0 N–H and O–H groups in total. The largest absolute Gasteiger partial charge is 0.495 e. The van der Waals surface area contributed by atoms with E-state index in [1.807, 2.05) is 0 Å². The van der Waals surface area contributed by atoms with E-state index in [1.54, 1.807) is 48.5 Å². The van der Waals surface area contributed by atoms with E-state index < -0.39 is 21.9 Å². The summed E-state index contributed by atoms with van der Waals surface area (Å²) >= 11 is 6.08. The van der Waals surface area contributed by atoms with Gasteiger partial charge in [0.15, 0.2) is 9.84 Å². The first kappa shape index (κ1) is 17.2. The van der Waals surface area contributed by atoms with E-state index in [9.17, 15) is 13.2 Å². The van der Waals surface area contributed by atoms with Crippen LogP contribution in [-0.4, -0.2) is 45.1 Å². The standard InChI is InChI=1S/C18H17ClN2O4S/c1-25-17-8-3-2-7-14(17)21-16-11-26(23,24)10-15(16)20(18(21)22)13-6-4-5-12(19)9-13/h2-9,15-16H,10-11H2,1H3/t15-,16+/m0/s1. The van der Waals surface area contributed by atoms with E-state index in [4.69, 9.17) is 16.3 Å². The summed E-state index contributed by atoms with van der Waals surface area (Å²) in [6.07, 6.45) is 0. The van der Waals surface area contributed by atoms with Crippen LogP contribution in [0.15, 0.2) is 48.5 Å². The number of benzene rings is 2. The van der Waals surface area contributed by atoms with Crippen LogP contribution < -0.4 is 14.5 Å². The number of ether oxygens (including phenoxy) is 1. The van der Waals surface area contributed by atoms with E-state index in [0.717, 1.165) is 0 Å². The topological polar surface area (TPSA) is 66.9 Å². The first-order valence-corrected chi connectivity index (χ1v) is 10.3. The Labute approximate surface area is 156 Å². The number of sulfone groups is 1. The Kier molecular flexibility index (Phi) is 4.08. The number of fused-ring (bicyclic) bond motifs is 1. The van der Waals surface area contributed by atoms with Crippen LogP contribution >= 0.6 is 11.6 Å². The summed E-state index contributed by atoms with van der Waals surface area (Å²) in [6, 6.07) is 12.8. The summed E-state index contributed by atoms with van der Waals surface area (Å²) in [6.45, 7) is 0. The molecule has 2 aromatic carbocycles. The molecule has 0 radical (unpaired) electrons. The van der Waals surface area contributed by atoms with Crippen LogP contribution in [-0.2, 0) is 9.84 Å². The molecule has 2 aromatic rings. The van der Waals surface area contributed by atoms with Gasteiger partial charge in [0.1, 0.15) is 5.75 Å². The van der Waals surface area contributed by atoms with Crippen molar-refractivity contribution in [1.29, 1.82) is 0 Å². The molecule has 0 unspecified atom stereocenters. The highest BCUT2D eigenvalue weighted by atomic mass is 35.5. The fourth-order valence-corrected chi connectivity index (χ4v) is 5.85. The summed E-state index contributed by atoms with van der Waals surface area (Å²) in [4.78, 5) is 16.3. The van der Waals surface area contributed by atoms with Gasteiger partial charge in [-0.1, -0.05) is 29.8 Å². The molecule has 6 nitrogen and oxygen atoms in total. The van der Waals surface area contributed by atoms with Gasteiger partial charge in [-0.05, 0) is 30.3 Å². The third kappa shape index (κ3) is 2.71. The monoisotopic (exact) mass is 392 g/mol. The summed E-state index contributed by atoms with van der Waals surface area (Å²) in [5.41, 5.74) is 1.16. The van der Waals surface area contributed by atoms with Crippen molar-refractivity contribution >= 4 is 38.8 Å². The van der Waals surface area contributed by atoms with Crippen LogP contribution in [0.2, 0.25) is 5.02 Å². The molecular formula is C18H17ClN2O4S. The molecule has 26 heavy (non-hydrogen) atoms. The molecule has 2 aliphatic rings. The second-order valence-corrected chi connectivity index (χ2v) is 8.98. The van der Waals surface area contributed by atoms with Gasteiger partial charge >= 0.3 is 6.03 Å². The number of hydrogen-bond acceptors (Lipinski definition) is 4. The number of halogens is 1. The lowest BCUT2D eigenvalue weighted by Crippen LogP contribution is -2.38. The molecule has 2 saturated heterocycles. The number of amides is 2. The molecule has 2 amide bonds. The Bertz CT molecular complexity index is 979. The molecule has 4 rings (SSSR count). The van der Waals surface area contributed by atoms with Crippen LogP contribution in [0.3, 0.4) is 0 Å². The maximum Gasteiger partial charge on any atom is 0.329 e. The Morgan fingerprint density at radius 2 is 1.73 bits per heavy atom. The first-order valence-electron chi connectivity index (χ1n) is 8.13. The van der Waals surface area contributed by atoms with Gasteiger partial charge < -0.3 is 4.74 Å². The van der Waals surface area contributed by atoms with Crippen LogP contribution in [0.1, 0.15) is 0 Å². The normalized spacial score (nSPS) is 24.0. The first-order chi connectivity index (χ1) is 12.4. The number of carbonyl (C=O) groups is 1. The lowest BCUT2D eigenvalue weighted by atomic mass is 10.1. The van der Waals surface area contributed by atoms with Gasteiger partial charge in [0.2, 0.25) is 0 Å². The summed E-state index contributed by atoms with van der Waals surface area (Å²) in [5, 5.41) is 0.489. The highest BCUT2D eigenvalue weighted by Crippen LogP contribution is 2.41. The summed E-state index contributed by atoms with van der Waals surface area (Å²) in [5.74, 6) is 0.386. The van der Waals surface area contributed by atoms with Gasteiger partial charge in [-0.25, -0.2) is 13.2 Å². The molecule has 2 fully saturated rings. The van der Waals surface area contributed by atoms with Crippen molar-refractivity contribution < 1.29 is 17.9 Å². The predicted octanol–water partition coefficient (Wildman–Crippen LogP) is 2.96. The third-order valence-electron chi connectivity index (χ3n) is 4.80. The predicted molar refractivity (Wildman–Crippen MR) is 101 cm³/mol. The summed E-state index contributed by atoms with van der Waals surface area (Å²) in [7, 11) is -1.73. The minimum atomic E-state index is -3.25. The van der Waals surface area contributed by atoms with Crippen LogP contribution in [0.25, 0.3) is 0 Å². The number of anilines is 2. The van der Waals surface area contributed by atoms with E-state index in [1.165, 1.54) is 16.9 Å².